The number of rotatable bonds is 5. The van der Waals surface area contributed by atoms with Crippen molar-refractivity contribution < 1.29 is 9.53 Å². The molecule has 5 heteroatoms. The molecule has 0 saturated carbocycles. The van der Waals surface area contributed by atoms with E-state index in [2.05, 4.69) is 34.5 Å². The van der Waals surface area contributed by atoms with Gasteiger partial charge in [-0.25, -0.2) is 0 Å². The lowest BCUT2D eigenvalue weighted by Gasteiger charge is -2.36. The monoisotopic (exact) mass is 412 g/mol. The minimum atomic E-state index is -0.545. The van der Waals surface area contributed by atoms with E-state index in [1.165, 1.54) is 24.9 Å². The molecule has 0 bridgehead atoms. The van der Waals surface area contributed by atoms with E-state index >= 15 is 0 Å². The van der Waals surface area contributed by atoms with Gasteiger partial charge in [-0.3, -0.25) is 4.79 Å². The van der Waals surface area contributed by atoms with Gasteiger partial charge >= 0.3 is 0 Å². The van der Waals surface area contributed by atoms with E-state index in [1.54, 1.807) is 0 Å². The number of benzene rings is 2. The third-order valence-corrected chi connectivity index (χ3v) is 6.54. The summed E-state index contributed by atoms with van der Waals surface area (Å²) in [4.78, 5) is 15.7. The quantitative estimate of drug-likeness (QED) is 0.774. The molecule has 2 aromatic carbocycles. The van der Waals surface area contributed by atoms with Gasteiger partial charge in [0.15, 0.2) is 0 Å². The molecule has 2 heterocycles. The van der Waals surface area contributed by atoms with Crippen molar-refractivity contribution in [1.82, 2.24) is 5.32 Å². The number of carbonyl (C=O) groups excluding carboxylic acids is 1. The maximum Gasteiger partial charge on any atom is 0.231 e. The summed E-state index contributed by atoms with van der Waals surface area (Å²) < 4.78 is 5.54. The van der Waals surface area contributed by atoms with Crippen LogP contribution in [0, 0.1) is 0 Å². The first kappa shape index (κ1) is 20.2. The Balaban J connectivity index is 1.43. The van der Waals surface area contributed by atoms with E-state index in [4.69, 9.17) is 16.3 Å². The second-order valence-electron chi connectivity index (χ2n) is 8.10. The summed E-state index contributed by atoms with van der Waals surface area (Å²) in [7, 11) is 0. The second-order valence-corrected chi connectivity index (χ2v) is 8.53. The molecule has 0 spiro atoms. The van der Waals surface area contributed by atoms with Crippen LogP contribution >= 0.6 is 11.6 Å². The smallest absolute Gasteiger partial charge is 0.231 e. The summed E-state index contributed by atoms with van der Waals surface area (Å²) in [6.45, 7) is 4.01. The molecule has 0 atom stereocenters. The largest absolute Gasteiger partial charge is 0.381 e. The van der Waals surface area contributed by atoms with Crippen molar-refractivity contribution in [3.8, 4) is 0 Å². The number of ether oxygens (including phenoxy) is 1. The predicted octanol–water partition coefficient (Wildman–Crippen LogP) is 4.69. The van der Waals surface area contributed by atoms with Crippen LogP contribution < -0.4 is 10.2 Å². The molecule has 2 aliphatic heterocycles. The summed E-state index contributed by atoms with van der Waals surface area (Å²) in [5.41, 5.74) is 2.87. The van der Waals surface area contributed by atoms with Gasteiger partial charge in [0.2, 0.25) is 5.91 Å². The predicted molar refractivity (Wildman–Crippen MR) is 118 cm³/mol. The molecule has 0 aromatic heterocycles. The van der Waals surface area contributed by atoms with E-state index in [0.717, 1.165) is 24.2 Å². The van der Waals surface area contributed by atoms with Gasteiger partial charge in [-0.05, 0) is 67.5 Å². The lowest BCUT2D eigenvalue weighted by molar-refractivity contribution is -0.130. The molecule has 1 N–H and O–H groups in total. The second kappa shape index (κ2) is 9.19. The van der Waals surface area contributed by atoms with Crippen LogP contribution in [0.25, 0.3) is 0 Å². The Morgan fingerprint density at radius 3 is 2.28 bits per heavy atom. The summed E-state index contributed by atoms with van der Waals surface area (Å²) in [6.07, 6.45) is 5.26. The molecule has 154 valence electrons. The Kier molecular flexibility index (Phi) is 6.41. The van der Waals surface area contributed by atoms with Crippen molar-refractivity contribution in [1.29, 1.82) is 0 Å². The molecular formula is C24H29ClN2O2. The number of hydrogen-bond acceptors (Lipinski definition) is 3. The van der Waals surface area contributed by atoms with Crippen LogP contribution in [0.1, 0.15) is 43.2 Å². The minimum Gasteiger partial charge on any atom is -0.381 e. The normalized spacial score (nSPS) is 19.0. The molecule has 29 heavy (non-hydrogen) atoms. The minimum absolute atomic E-state index is 0.0724. The van der Waals surface area contributed by atoms with Gasteiger partial charge in [-0.1, -0.05) is 35.9 Å². The number of amides is 1. The summed E-state index contributed by atoms with van der Waals surface area (Å²) in [5.74, 6) is 0.0724. The molecule has 1 amide bonds. The molecular weight excluding hydrogens is 384 g/mol. The molecule has 4 rings (SSSR count). The molecule has 0 aliphatic carbocycles. The first-order valence-corrected chi connectivity index (χ1v) is 11.0. The highest BCUT2D eigenvalue weighted by Gasteiger charge is 2.41. The highest BCUT2D eigenvalue weighted by Crippen LogP contribution is 2.36. The fourth-order valence-electron chi connectivity index (χ4n) is 4.46. The summed E-state index contributed by atoms with van der Waals surface area (Å²) in [5, 5.41) is 3.87. The lowest BCUT2D eigenvalue weighted by Crippen LogP contribution is -2.47. The zero-order valence-electron chi connectivity index (χ0n) is 16.8. The van der Waals surface area contributed by atoms with Crippen LogP contribution in [0.15, 0.2) is 48.5 Å². The van der Waals surface area contributed by atoms with E-state index in [0.29, 0.717) is 37.6 Å². The van der Waals surface area contributed by atoms with Crippen LogP contribution in [0.4, 0.5) is 5.69 Å². The van der Waals surface area contributed by atoms with Gasteiger partial charge in [0.25, 0.3) is 0 Å². The zero-order chi connectivity index (χ0) is 20.1. The van der Waals surface area contributed by atoms with Crippen molar-refractivity contribution in [3.63, 3.8) is 0 Å². The summed E-state index contributed by atoms with van der Waals surface area (Å²) >= 11 is 6.06. The van der Waals surface area contributed by atoms with Gasteiger partial charge in [-0.15, -0.1) is 0 Å². The molecule has 2 fully saturated rings. The van der Waals surface area contributed by atoms with Gasteiger partial charge in [0.1, 0.15) is 0 Å². The number of piperidine rings is 1. The van der Waals surface area contributed by atoms with Crippen LogP contribution in [-0.4, -0.2) is 32.2 Å². The fraction of sp³-hybridized carbons (Fsp3) is 0.458. The lowest BCUT2D eigenvalue weighted by atomic mass is 9.73. The van der Waals surface area contributed by atoms with Crippen molar-refractivity contribution in [2.45, 2.75) is 44.1 Å². The molecule has 4 nitrogen and oxygen atoms in total. The zero-order valence-corrected chi connectivity index (χ0v) is 17.6. The van der Waals surface area contributed by atoms with Gasteiger partial charge in [0, 0.05) is 43.6 Å². The first-order valence-electron chi connectivity index (χ1n) is 10.6. The third kappa shape index (κ3) is 4.59. The fourth-order valence-corrected chi connectivity index (χ4v) is 4.59. The number of anilines is 1. The SMILES string of the molecule is O=C(NCc1ccc(N2CCCCC2)cc1)C1(c2ccc(Cl)cc2)CCOCC1. The topological polar surface area (TPSA) is 41.6 Å². The summed E-state index contributed by atoms with van der Waals surface area (Å²) in [6, 6.07) is 16.3. The average molecular weight is 413 g/mol. The Hall–Kier alpha value is -2.04. The van der Waals surface area contributed by atoms with Crippen LogP contribution in [-0.2, 0) is 21.5 Å². The number of hydrogen-bond donors (Lipinski definition) is 1. The maximum atomic E-state index is 13.3. The van der Waals surface area contributed by atoms with E-state index in [9.17, 15) is 4.79 Å². The Morgan fingerprint density at radius 1 is 0.966 bits per heavy atom. The van der Waals surface area contributed by atoms with Gasteiger partial charge in [0.05, 0.1) is 5.41 Å². The Labute approximate surface area is 178 Å². The van der Waals surface area contributed by atoms with Crippen LogP contribution in [0.2, 0.25) is 5.02 Å². The van der Waals surface area contributed by atoms with Gasteiger partial charge < -0.3 is 15.0 Å². The highest BCUT2D eigenvalue weighted by molar-refractivity contribution is 6.30. The van der Waals surface area contributed by atoms with Gasteiger partial charge in [-0.2, -0.15) is 0 Å². The van der Waals surface area contributed by atoms with E-state index < -0.39 is 5.41 Å². The molecule has 2 aliphatic rings. The Bertz CT molecular complexity index is 808. The van der Waals surface area contributed by atoms with E-state index in [-0.39, 0.29) is 5.91 Å². The molecule has 0 unspecified atom stereocenters. The molecule has 2 saturated heterocycles. The number of halogens is 1. The third-order valence-electron chi connectivity index (χ3n) is 6.29. The average Bonchev–Trinajstić information content (AvgIpc) is 2.79. The van der Waals surface area contributed by atoms with Crippen molar-refractivity contribution in [3.05, 3.63) is 64.7 Å². The van der Waals surface area contributed by atoms with Crippen LogP contribution in [0.5, 0.6) is 0 Å². The highest BCUT2D eigenvalue weighted by atomic mass is 35.5. The molecule has 2 aromatic rings. The van der Waals surface area contributed by atoms with Crippen molar-refractivity contribution in [2.24, 2.45) is 0 Å². The number of carbonyl (C=O) groups is 1. The number of nitrogens with zero attached hydrogens (tertiary/aromatic N) is 1. The first-order chi connectivity index (χ1) is 14.2. The molecule has 0 radical (unpaired) electrons. The number of nitrogens with one attached hydrogen (secondary N) is 1. The van der Waals surface area contributed by atoms with Crippen molar-refractivity contribution in [2.75, 3.05) is 31.2 Å². The Morgan fingerprint density at radius 2 is 1.62 bits per heavy atom. The maximum absolute atomic E-state index is 13.3. The standard InChI is InChI=1S/C24H29ClN2O2/c25-21-8-6-20(7-9-21)24(12-16-29-17-13-24)23(28)26-18-19-4-10-22(11-5-19)27-14-2-1-3-15-27/h4-11H,1-3,12-18H2,(H,26,28). The van der Waals surface area contributed by atoms with E-state index in [1.807, 2.05) is 24.3 Å². The van der Waals surface area contributed by atoms with Crippen molar-refractivity contribution >= 4 is 23.2 Å². The van der Waals surface area contributed by atoms with Crippen LogP contribution in [0.3, 0.4) is 0 Å².